The van der Waals surface area contributed by atoms with E-state index in [1.165, 1.54) is 12.3 Å². The molecule has 4 nitrogen and oxygen atoms in total. The van der Waals surface area contributed by atoms with Crippen LogP contribution >= 0.6 is 0 Å². The molecule has 0 bridgehead atoms. The van der Waals surface area contributed by atoms with Gasteiger partial charge in [0.25, 0.3) is 0 Å². The molecule has 14 heavy (non-hydrogen) atoms. The van der Waals surface area contributed by atoms with Crippen LogP contribution in [0.3, 0.4) is 0 Å². The van der Waals surface area contributed by atoms with Gasteiger partial charge < -0.3 is 9.40 Å². The van der Waals surface area contributed by atoms with Crippen LogP contribution in [0.1, 0.15) is 10.6 Å². The maximum Gasteiger partial charge on any atom is 0.247 e. The molecular weight excluding hydrogens is 182 g/mol. The number of furan rings is 1. The molecule has 2 heterocycles. The zero-order valence-corrected chi connectivity index (χ0v) is 7.19. The van der Waals surface area contributed by atoms with Crippen LogP contribution in [0.25, 0.3) is 11.3 Å². The molecule has 0 unspecified atom stereocenters. The Labute approximate surface area is 79.2 Å². The SMILES string of the molecule is O=Cc1ccc(-c2ccc(=O)[nH]c2)o1. The van der Waals surface area contributed by atoms with Gasteiger partial charge in [0.15, 0.2) is 12.0 Å². The lowest BCUT2D eigenvalue weighted by Crippen LogP contribution is -2.00. The van der Waals surface area contributed by atoms with E-state index >= 15 is 0 Å². The predicted molar refractivity (Wildman–Crippen MR) is 50.2 cm³/mol. The zero-order chi connectivity index (χ0) is 9.97. The predicted octanol–water partition coefficient (Wildman–Crippen LogP) is 1.45. The van der Waals surface area contributed by atoms with E-state index in [9.17, 15) is 9.59 Å². The van der Waals surface area contributed by atoms with E-state index in [4.69, 9.17) is 4.42 Å². The largest absolute Gasteiger partial charge is 0.453 e. The molecule has 2 aromatic heterocycles. The van der Waals surface area contributed by atoms with Gasteiger partial charge in [-0.3, -0.25) is 9.59 Å². The van der Waals surface area contributed by atoms with Crippen LogP contribution in [-0.2, 0) is 0 Å². The number of carbonyl (C=O) groups is 1. The van der Waals surface area contributed by atoms with Crippen molar-refractivity contribution in [3.8, 4) is 11.3 Å². The molecular formula is C10H7NO3. The number of rotatable bonds is 2. The van der Waals surface area contributed by atoms with E-state index in [1.807, 2.05) is 0 Å². The Bertz CT molecular complexity index is 490. The van der Waals surface area contributed by atoms with Gasteiger partial charge in [-0.05, 0) is 18.2 Å². The highest BCUT2D eigenvalue weighted by molar-refractivity contribution is 5.72. The summed E-state index contributed by atoms with van der Waals surface area (Å²) in [6.45, 7) is 0. The Hall–Kier alpha value is -2.10. The minimum absolute atomic E-state index is 0.170. The first kappa shape index (κ1) is 8.50. The highest BCUT2D eigenvalue weighted by atomic mass is 16.3. The second-order valence-corrected chi connectivity index (χ2v) is 2.76. The Kier molecular flexibility index (Phi) is 2.02. The summed E-state index contributed by atoms with van der Waals surface area (Å²) in [6.07, 6.45) is 2.17. The number of carbonyl (C=O) groups excluding carboxylic acids is 1. The van der Waals surface area contributed by atoms with Crippen LogP contribution in [-0.4, -0.2) is 11.3 Å². The smallest absolute Gasteiger partial charge is 0.247 e. The second-order valence-electron chi connectivity index (χ2n) is 2.76. The number of hydrogen-bond acceptors (Lipinski definition) is 3. The first-order valence-corrected chi connectivity index (χ1v) is 4.04. The third-order valence-corrected chi connectivity index (χ3v) is 1.81. The molecule has 0 aliphatic rings. The minimum Gasteiger partial charge on any atom is -0.453 e. The quantitative estimate of drug-likeness (QED) is 0.727. The van der Waals surface area contributed by atoms with E-state index in [1.54, 1.807) is 18.2 Å². The van der Waals surface area contributed by atoms with Gasteiger partial charge >= 0.3 is 0 Å². The fourth-order valence-electron chi connectivity index (χ4n) is 1.14. The molecule has 0 atom stereocenters. The molecule has 0 aromatic carbocycles. The molecule has 0 aliphatic heterocycles. The maximum atomic E-state index is 10.8. The summed E-state index contributed by atoms with van der Waals surface area (Å²) in [5.41, 5.74) is 0.564. The van der Waals surface area contributed by atoms with Gasteiger partial charge in [0, 0.05) is 17.8 Å². The monoisotopic (exact) mass is 189 g/mol. The average Bonchev–Trinajstić information content (AvgIpc) is 2.67. The van der Waals surface area contributed by atoms with E-state index in [2.05, 4.69) is 4.98 Å². The molecule has 0 saturated carbocycles. The number of H-pyrrole nitrogens is 1. The molecule has 0 spiro atoms. The minimum atomic E-state index is -0.170. The molecule has 0 amide bonds. The topological polar surface area (TPSA) is 63.1 Å². The van der Waals surface area contributed by atoms with Gasteiger partial charge in [-0.15, -0.1) is 0 Å². The highest BCUT2D eigenvalue weighted by Gasteiger charge is 2.03. The summed E-state index contributed by atoms with van der Waals surface area (Å²) < 4.78 is 5.17. The summed E-state index contributed by atoms with van der Waals surface area (Å²) in [7, 11) is 0. The number of hydrogen-bond donors (Lipinski definition) is 1. The number of nitrogens with one attached hydrogen (secondary N) is 1. The standard InChI is InChI=1S/C10H7NO3/c12-6-8-2-3-9(14-8)7-1-4-10(13)11-5-7/h1-6H,(H,11,13). The summed E-state index contributed by atoms with van der Waals surface area (Å²) in [5, 5.41) is 0. The fourth-order valence-corrected chi connectivity index (χ4v) is 1.14. The van der Waals surface area contributed by atoms with Crippen molar-refractivity contribution in [3.05, 3.63) is 46.6 Å². The van der Waals surface area contributed by atoms with E-state index in [0.29, 0.717) is 12.0 Å². The number of aromatic nitrogens is 1. The van der Waals surface area contributed by atoms with Crippen LogP contribution in [0, 0.1) is 0 Å². The summed E-state index contributed by atoms with van der Waals surface area (Å²) in [6, 6.07) is 6.29. The van der Waals surface area contributed by atoms with Gasteiger partial charge in [-0.1, -0.05) is 0 Å². The van der Waals surface area contributed by atoms with Crippen molar-refractivity contribution in [2.75, 3.05) is 0 Å². The molecule has 0 aliphatic carbocycles. The van der Waals surface area contributed by atoms with Crippen LogP contribution in [0.15, 0.2) is 39.7 Å². The summed E-state index contributed by atoms with van der Waals surface area (Å²) >= 11 is 0. The third-order valence-electron chi connectivity index (χ3n) is 1.81. The van der Waals surface area contributed by atoms with Crippen molar-refractivity contribution < 1.29 is 9.21 Å². The van der Waals surface area contributed by atoms with Crippen molar-refractivity contribution in [2.45, 2.75) is 0 Å². The second kappa shape index (κ2) is 3.33. The summed E-state index contributed by atoms with van der Waals surface area (Å²) in [4.78, 5) is 23.6. The molecule has 70 valence electrons. The van der Waals surface area contributed by atoms with Gasteiger partial charge in [-0.25, -0.2) is 0 Å². The van der Waals surface area contributed by atoms with Gasteiger partial charge in [0.1, 0.15) is 5.76 Å². The Morgan fingerprint density at radius 3 is 2.64 bits per heavy atom. The molecule has 4 heteroatoms. The maximum absolute atomic E-state index is 10.8. The lowest BCUT2D eigenvalue weighted by molar-refractivity contribution is 0.110. The van der Waals surface area contributed by atoms with Gasteiger partial charge in [-0.2, -0.15) is 0 Å². The molecule has 0 fully saturated rings. The Balaban J connectivity index is 2.44. The Morgan fingerprint density at radius 2 is 2.07 bits per heavy atom. The average molecular weight is 189 g/mol. The highest BCUT2D eigenvalue weighted by Crippen LogP contribution is 2.19. The van der Waals surface area contributed by atoms with Gasteiger partial charge in [0.05, 0.1) is 0 Å². The first-order chi connectivity index (χ1) is 6.79. The lowest BCUT2D eigenvalue weighted by atomic mass is 10.2. The molecule has 2 aromatic rings. The lowest BCUT2D eigenvalue weighted by Gasteiger charge is -1.93. The zero-order valence-electron chi connectivity index (χ0n) is 7.19. The number of pyridine rings is 1. The normalized spacial score (nSPS) is 10.0. The molecule has 2 rings (SSSR count). The van der Waals surface area contributed by atoms with E-state index in [-0.39, 0.29) is 11.3 Å². The molecule has 0 saturated heterocycles. The van der Waals surface area contributed by atoms with Crippen molar-refractivity contribution >= 4 is 6.29 Å². The Morgan fingerprint density at radius 1 is 1.21 bits per heavy atom. The molecule has 1 N–H and O–H groups in total. The number of aromatic amines is 1. The van der Waals surface area contributed by atoms with E-state index < -0.39 is 0 Å². The van der Waals surface area contributed by atoms with Crippen molar-refractivity contribution in [3.63, 3.8) is 0 Å². The van der Waals surface area contributed by atoms with Crippen molar-refractivity contribution in [1.29, 1.82) is 0 Å². The third kappa shape index (κ3) is 1.50. The molecule has 0 radical (unpaired) electrons. The summed E-state index contributed by atoms with van der Waals surface area (Å²) in [5.74, 6) is 0.828. The van der Waals surface area contributed by atoms with Crippen LogP contribution < -0.4 is 5.56 Å². The van der Waals surface area contributed by atoms with Crippen LogP contribution in [0.5, 0.6) is 0 Å². The van der Waals surface area contributed by atoms with Crippen molar-refractivity contribution in [2.24, 2.45) is 0 Å². The fraction of sp³-hybridized carbons (Fsp3) is 0. The number of aldehydes is 1. The van der Waals surface area contributed by atoms with Crippen molar-refractivity contribution in [1.82, 2.24) is 4.98 Å². The van der Waals surface area contributed by atoms with Crippen LogP contribution in [0.4, 0.5) is 0 Å². The first-order valence-electron chi connectivity index (χ1n) is 4.04. The van der Waals surface area contributed by atoms with Crippen LogP contribution in [0.2, 0.25) is 0 Å². The van der Waals surface area contributed by atoms with E-state index in [0.717, 1.165) is 5.56 Å². The van der Waals surface area contributed by atoms with Gasteiger partial charge in [0.2, 0.25) is 5.56 Å².